The SMILES string of the molecule is CC(N)CCNC(=O)c1cc(Cl)cn1C. The van der Waals surface area contributed by atoms with E-state index in [0.29, 0.717) is 17.3 Å². The zero-order chi connectivity index (χ0) is 11.4. The van der Waals surface area contributed by atoms with E-state index in [4.69, 9.17) is 17.3 Å². The second kappa shape index (κ2) is 5.19. The molecule has 0 bridgehead atoms. The van der Waals surface area contributed by atoms with Crippen LogP contribution in [0.4, 0.5) is 0 Å². The highest BCUT2D eigenvalue weighted by Crippen LogP contribution is 2.12. The second-order valence-electron chi connectivity index (χ2n) is 3.68. The highest BCUT2D eigenvalue weighted by atomic mass is 35.5. The number of aromatic nitrogens is 1. The van der Waals surface area contributed by atoms with Crippen LogP contribution in [0.2, 0.25) is 5.02 Å². The summed E-state index contributed by atoms with van der Waals surface area (Å²) >= 11 is 5.77. The van der Waals surface area contributed by atoms with Crippen LogP contribution in [0.3, 0.4) is 0 Å². The molecule has 84 valence electrons. The van der Waals surface area contributed by atoms with E-state index in [2.05, 4.69) is 5.32 Å². The smallest absolute Gasteiger partial charge is 0.267 e. The summed E-state index contributed by atoms with van der Waals surface area (Å²) < 4.78 is 1.70. The highest BCUT2D eigenvalue weighted by molar-refractivity contribution is 6.31. The lowest BCUT2D eigenvalue weighted by Gasteiger charge is -2.07. The molecule has 1 aromatic rings. The summed E-state index contributed by atoms with van der Waals surface area (Å²) in [7, 11) is 1.78. The van der Waals surface area contributed by atoms with Gasteiger partial charge in [-0.1, -0.05) is 11.6 Å². The Hall–Kier alpha value is -1.00. The van der Waals surface area contributed by atoms with Crippen LogP contribution in [0.1, 0.15) is 23.8 Å². The third-order valence-corrected chi connectivity index (χ3v) is 2.30. The summed E-state index contributed by atoms with van der Waals surface area (Å²) in [6.07, 6.45) is 2.46. The van der Waals surface area contributed by atoms with Gasteiger partial charge in [0.1, 0.15) is 5.69 Å². The number of aryl methyl sites for hydroxylation is 1. The summed E-state index contributed by atoms with van der Waals surface area (Å²) in [5, 5.41) is 3.35. The zero-order valence-electron chi connectivity index (χ0n) is 8.96. The predicted octanol–water partition coefficient (Wildman–Crippen LogP) is 1.15. The summed E-state index contributed by atoms with van der Waals surface area (Å²) in [6, 6.07) is 1.74. The molecule has 1 atom stereocenters. The summed E-state index contributed by atoms with van der Waals surface area (Å²) in [5.74, 6) is -0.120. The molecule has 1 amide bonds. The van der Waals surface area contributed by atoms with Gasteiger partial charge < -0.3 is 15.6 Å². The van der Waals surface area contributed by atoms with E-state index in [0.717, 1.165) is 6.42 Å². The fourth-order valence-electron chi connectivity index (χ4n) is 1.25. The molecule has 1 rings (SSSR count). The molecule has 0 spiro atoms. The van der Waals surface area contributed by atoms with Crippen molar-refractivity contribution in [1.29, 1.82) is 0 Å². The molecule has 0 radical (unpaired) electrons. The van der Waals surface area contributed by atoms with Gasteiger partial charge in [0.25, 0.3) is 5.91 Å². The van der Waals surface area contributed by atoms with E-state index in [9.17, 15) is 4.79 Å². The van der Waals surface area contributed by atoms with Crippen molar-refractivity contribution in [3.05, 3.63) is 23.0 Å². The Morgan fingerprint density at radius 1 is 1.73 bits per heavy atom. The lowest BCUT2D eigenvalue weighted by molar-refractivity contribution is 0.0944. The Kier molecular flexibility index (Phi) is 4.17. The van der Waals surface area contributed by atoms with E-state index in [-0.39, 0.29) is 11.9 Å². The minimum atomic E-state index is -0.120. The van der Waals surface area contributed by atoms with Crippen LogP contribution in [-0.4, -0.2) is 23.1 Å². The van der Waals surface area contributed by atoms with Crippen LogP contribution >= 0.6 is 11.6 Å². The lowest BCUT2D eigenvalue weighted by atomic mass is 10.2. The van der Waals surface area contributed by atoms with Crippen molar-refractivity contribution in [2.75, 3.05) is 6.54 Å². The van der Waals surface area contributed by atoms with Gasteiger partial charge in [-0.25, -0.2) is 0 Å². The molecule has 4 nitrogen and oxygen atoms in total. The van der Waals surface area contributed by atoms with Crippen LogP contribution < -0.4 is 11.1 Å². The minimum absolute atomic E-state index is 0.0994. The van der Waals surface area contributed by atoms with Crippen LogP contribution in [0.15, 0.2) is 12.3 Å². The maximum Gasteiger partial charge on any atom is 0.267 e. The maximum atomic E-state index is 11.6. The average Bonchev–Trinajstić information content (AvgIpc) is 2.44. The van der Waals surface area contributed by atoms with E-state index in [1.807, 2.05) is 6.92 Å². The first-order valence-electron chi connectivity index (χ1n) is 4.86. The third-order valence-electron chi connectivity index (χ3n) is 2.09. The highest BCUT2D eigenvalue weighted by Gasteiger charge is 2.10. The molecule has 0 saturated heterocycles. The van der Waals surface area contributed by atoms with E-state index < -0.39 is 0 Å². The Morgan fingerprint density at radius 2 is 2.40 bits per heavy atom. The van der Waals surface area contributed by atoms with Crippen LogP contribution in [0.25, 0.3) is 0 Å². The van der Waals surface area contributed by atoms with Gasteiger partial charge in [-0.3, -0.25) is 4.79 Å². The number of nitrogens with two attached hydrogens (primary N) is 1. The largest absolute Gasteiger partial charge is 0.351 e. The standard InChI is InChI=1S/C10H16ClN3O/c1-7(12)3-4-13-10(15)9-5-8(11)6-14(9)2/h5-7H,3-4,12H2,1-2H3,(H,13,15). The summed E-state index contributed by atoms with van der Waals surface area (Å²) in [4.78, 5) is 11.6. The topological polar surface area (TPSA) is 60.0 Å². The number of carbonyl (C=O) groups is 1. The number of hydrogen-bond acceptors (Lipinski definition) is 2. The van der Waals surface area contributed by atoms with Crippen molar-refractivity contribution in [1.82, 2.24) is 9.88 Å². The number of hydrogen-bond donors (Lipinski definition) is 2. The van der Waals surface area contributed by atoms with Gasteiger partial charge in [0.15, 0.2) is 0 Å². The van der Waals surface area contributed by atoms with Gasteiger partial charge in [0.2, 0.25) is 0 Å². The summed E-state index contributed by atoms with van der Waals surface area (Å²) in [6.45, 7) is 2.49. The molecule has 15 heavy (non-hydrogen) atoms. The molecular weight excluding hydrogens is 214 g/mol. The molecule has 5 heteroatoms. The molecule has 1 aromatic heterocycles. The number of halogens is 1. The fourth-order valence-corrected chi connectivity index (χ4v) is 1.50. The van der Waals surface area contributed by atoms with Crippen LogP contribution in [0.5, 0.6) is 0 Å². The Labute approximate surface area is 94.4 Å². The molecule has 0 aliphatic carbocycles. The third kappa shape index (κ3) is 3.57. The predicted molar refractivity (Wildman–Crippen MR) is 61.0 cm³/mol. The number of amides is 1. The molecule has 0 aliphatic heterocycles. The van der Waals surface area contributed by atoms with Gasteiger partial charge in [-0.2, -0.15) is 0 Å². The number of carbonyl (C=O) groups excluding carboxylic acids is 1. The number of nitrogens with zero attached hydrogens (tertiary/aromatic N) is 1. The minimum Gasteiger partial charge on any atom is -0.351 e. The fraction of sp³-hybridized carbons (Fsp3) is 0.500. The van der Waals surface area contributed by atoms with E-state index in [1.54, 1.807) is 23.9 Å². The first kappa shape index (κ1) is 12.1. The lowest BCUT2D eigenvalue weighted by Crippen LogP contribution is -2.29. The van der Waals surface area contributed by atoms with Gasteiger partial charge in [-0.15, -0.1) is 0 Å². The molecule has 0 fully saturated rings. The maximum absolute atomic E-state index is 11.6. The number of rotatable bonds is 4. The zero-order valence-corrected chi connectivity index (χ0v) is 9.71. The quantitative estimate of drug-likeness (QED) is 0.814. The van der Waals surface area contributed by atoms with Crippen LogP contribution in [-0.2, 0) is 7.05 Å². The van der Waals surface area contributed by atoms with Crippen molar-refractivity contribution < 1.29 is 4.79 Å². The monoisotopic (exact) mass is 229 g/mol. The Bertz CT molecular complexity index is 346. The first-order valence-corrected chi connectivity index (χ1v) is 5.24. The van der Waals surface area contributed by atoms with Crippen molar-refractivity contribution >= 4 is 17.5 Å². The second-order valence-corrected chi connectivity index (χ2v) is 4.11. The van der Waals surface area contributed by atoms with Gasteiger partial charge in [0, 0.05) is 25.8 Å². The molecule has 0 aromatic carbocycles. The van der Waals surface area contributed by atoms with Gasteiger partial charge in [0.05, 0.1) is 5.02 Å². The van der Waals surface area contributed by atoms with Crippen LogP contribution in [0, 0.1) is 0 Å². The molecule has 0 aliphatic rings. The van der Waals surface area contributed by atoms with Crippen molar-refractivity contribution in [3.63, 3.8) is 0 Å². The Morgan fingerprint density at radius 3 is 2.87 bits per heavy atom. The van der Waals surface area contributed by atoms with Gasteiger partial charge in [-0.05, 0) is 19.4 Å². The van der Waals surface area contributed by atoms with E-state index >= 15 is 0 Å². The number of nitrogens with one attached hydrogen (secondary N) is 1. The molecule has 1 unspecified atom stereocenters. The first-order chi connectivity index (χ1) is 7.00. The van der Waals surface area contributed by atoms with E-state index in [1.165, 1.54) is 0 Å². The molecule has 1 heterocycles. The average molecular weight is 230 g/mol. The van der Waals surface area contributed by atoms with Crippen molar-refractivity contribution in [3.8, 4) is 0 Å². The molecule has 0 saturated carbocycles. The van der Waals surface area contributed by atoms with Crippen molar-refractivity contribution in [2.24, 2.45) is 12.8 Å². The molecular formula is C10H16ClN3O. The summed E-state index contributed by atoms with van der Waals surface area (Å²) in [5.41, 5.74) is 6.13. The normalized spacial score (nSPS) is 12.5. The Balaban J connectivity index is 2.50. The van der Waals surface area contributed by atoms with Gasteiger partial charge >= 0.3 is 0 Å². The molecule has 3 N–H and O–H groups in total. The van der Waals surface area contributed by atoms with Crippen molar-refractivity contribution in [2.45, 2.75) is 19.4 Å².